The summed E-state index contributed by atoms with van der Waals surface area (Å²) in [5, 5.41) is 60.8. The molecule has 5 aromatic heterocycles. The number of H-pyrrole nitrogens is 1. The van der Waals surface area contributed by atoms with Gasteiger partial charge in [0.2, 0.25) is 11.8 Å². The van der Waals surface area contributed by atoms with Crippen LogP contribution in [0.4, 0.5) is 0 Å². The fourth-order valence-electron chi connectivity index (χ4n) is 10.5. The SMILES string of the molecule is CC.CC(=O)OOC(C)=O.CC(=O)[O-].CC1(C)OC[C@@H](CNCCO)O1.CC1(C)OC[C@@H](CNCc2ccccc2)O1.CCn1cc(CN(CCO)C[C@@H]2COC(C)(C)O2)c2ncnc(OC)c21.CCn1cc(OC)c2ncnc(OC)c21.O=c1[nH]cnc2c1CC=C2CN(CCO)C[C@@H](O)CO.[B].[Na+]. The molecule has 0 spiro atoms. The number of ether oxygens (including phenoxy) is 9. The second-order valence-corrected chi connectivity index (χ2v) is 24.4. The van der Waals surface area contributed by atoms with Gasteiger partial charge in [0.1, 0.15) is 34.7 Å². The molecule has 6 aromatic rings. The number of methoxy groups -OCH3 is 3. The summed E-state index contributed by atoms with van der Waals surface area (Å²) in [6, 6.07) is 10.4. The summed E-state index contributed by atoms with van der Waals surface area (Å²) in [5.41, 5.74) is 7.91. The number of aliphatic hydroxyl groups excluding tert-OH is 5. The van der Waals surface area contributed by atoms with Crippen LogP contribution >= 0.6 is 0 Å². The van der Waals surface area contributed by atoms with Crippen LogP contribution in [0, 0.1) is 0 Å². The van der Waals surface area contributed by atoms with E-state index < -0.39 is 41.4 Å². The Morgan fingerprint density at radius 1 is 0.695 bits per heavy atom. The van der Waals surface area contributed by atoms with Gasteiger partial charge in [0, 0.05) is 130 Å². The predicted octanol–water partition coefficient (Wildman–Crippen LogP) is -0.688. The average molecular weight is 1490 g/mol. The number of hydrogen-bond donors (Lipinski definition) is 8. The molecule has 1 aromatic carbocycles. The van der Waals surface area contributed by atoms with Crippen LogP contribution in [-0.2, 0) is 85.2 Å². The molecule has 3 fully saturated rings. The summed E-state index contributed by atoms with van der Waals surface area (Å²) in [6.45, 7) is 32.4. The maximum absolute atomic E-state index is 11.6. The van der Waals surface area contributed by atoms with Crippen LogP contribution < -0.4 is 65.1 Å². The summed E-state index contributed by atoms with van der Waals surface area (Å²) in [7, 11) is 4.84. The fourth-order valence-corrected chi connectivity index (χ4v) is 10.5. The second-order valence-electron chi connectivity index (χ2n) is 24.4. The van der Waals surface area contributed by atoms with E-state index in [1.54, 1.807) is 21.3 Å². The van der Waals surface area contributed by atoms with Gasteiger partial charge in [-0.2, -0.15) is 9.97 Å². The van der Waals surface area contributed by atoms with Gasteiger partial charge < -0.3 is 103 Å². The van der Waals surface area contributed by atoms with Crippen molar-refractivity contribution in [1.82, 2.24) is 59.5 Å². The molecule has 4 atom stereocenters. The topological polar surface area (TPSA) is 415 Å². The third-order valence-electron chi connectivity index (χ3n) is 14.8. The van der Waals surface area contributed by atoms with E-state index in [-0.39, 0.29) is 94.8 Å². The van der Waals surface area contributed by atoms with Crippen LogP contribution in [0.3, 0.4) is 0 Å². The maximum Gasteiger partial charge on any atom is 1.00 e. The molecule has 3 saturated heterocycles. The average Bonchev–Trinajstić information content (AvgIpc) is 1.65. The third kappa shape index (κ3) is 34.9. The Kier molecular flexibility index (Phi) is 46.6. The first-order valence-corrected chi connectivity index (χ1v) is 34.1. The number of aliphatic hydroxyl groups is 5. The van der Waals surface area contributed by atoms with Crippen LogP contribution in [0.2, 0.25) is 0 Å². The molecule has 105 heavy (non-hydrogen) atoms. The first kappa shape index (κ1) is 96.4. The van der Waals surface area contributed by atoms with Crippen LogP contribution in [0.15, 0.2) is 72.6 Å². The number of carbonyl (C=O) groups is 3. The molecule has 3 aliphatic heterocycles. The molecular formula is C70H111BN12NaO21. The summed E-state index contributed by atoms with van der Waals surface area (Å²) in [6.07, 6.45) is 10.3. The number of aromatic nitrogens is 8. The molecule has 581 valence electrons. The Labute approximate surface area is 639 Å². The van der Waals surface area contributed by atoms with Crippen molar-refractivity contribution in [1.29, 1.82) is 0 Å². The molecule has 8 N–H and O–H groups in total. The normalized spacial score (nSPS) is 16.9. The van der Waals surface area contributed by atoms with Crippen molar-refractivity contribution in [3.8, 4) is 17.5 Å². The maximum atomic E-state index is 11.6. The number of aromatic amines is 1. The van der Waals surface area contributed by atoms with Crippen molar-refractivity contribution in [3.63, 3.8) is 0 Å². The number of hydrogen-bond acceptors (Lipinski definition) is 30. The number of aliphatic carboxylic acids is 1. The molecular weight excluding hydrogens is 1380 g/mol. The number of nitrogens with zero attached hydrogens (tertiary/aromatic N) is 9. The van der Waals surface area contributed by atoms with Crippen molar-refractivity contribution in [2.75, 3.05) is 120 Å². The predicted molar refractivity (Wildman–Crippen MR) is 386 cm³/mol. The van der Waals surface area contributed by atoms with E-state index in [0.29, 0.717) is 88.5 Å². The van der Waals surface area contributed by atoms with Crippen LogP contribution in [0.25, 0.3) is 27.6 Å². The first-order valence-electron chi connectivity index (χ1n) is 34.1. The van der Waals surface area contributed by atoms with Crippen molar-refractivity contribution >= 4 is 54.0 Å². The van der Waals surface area contributed by atoms with E-state index in [4.69, 9.17) is 67.9 Å². The van der Waals surface area contributed by atoms with E-state index in [1.165, 1.54) is 24.5 Å². The summed E-state index contributed by atoms with van der Waals surface area (Å²) < 4.78 is 53.6. The molecule has 8 heterocycles. The molecule has 4 aliphatic rings. The number of rotatable bonds is 26. The van der Waals surface area contributed by atoms with E-state index in [9.17, 15) is 24.6 Å². The van der Waals surface area contributed by atoms with Crippen molar-refractivity contribution in [2.45, 2.75) is 164 Å². The number of carboxylic acids is 1. The van der Waals surface area contributed by atoms with Gasteiger partial charge in [-0.15, -0.1) is 0 Å². The van der Waals surface area contributed by atoms with Gasteiger partial charge in [0.05, 0.1) is 104 Å². The van der Waals surface area contributed by atoms with Gasteiger partial charge >= 0.3 is 41.5 Å². The Hall–Kier alpha value is -6.65. The summed E-state index contributed by atoms with van der Waals surface area (Å²) in [5.74, 6) is -1.87. The number of nitrogens with one attached hydrogen (secondary N) is 3. The number of aryl methyl sites for hydroxylation is 2. The monoisotopic (exact) mass is 1490 g/mol. The van der Waals surface area contributed by atoms with Gasteiger partial charge in [0.15, 0.2) is 23.1 Å². The zero-order valence-corrected chi connectivity index (χ0v) is 66.2. The largest absolute Gasteiger partial charge is 1.00 e. The first-order chi connectivity index (χ1) is 49.1. The van der Waals surface area contributed by atoms with Gasteiger partial charge in [-0.1, -0.05) is 50.3 Å². The minimum Gasteiger partial charge on any atom is -0.550 e. The standard InChI is InChI=1S/C18H28N4O4.C13H19N3O4.C13H19NO2.C10H13N3O2.C8H17NO3.C4H6O4.C2H4O2.C2H6.B.Na/c1-5-22-9-13(15-16(22)17(24-4)20-12-19-15)8-21(6-7-23)10-14-11-25-18(2,3)26-14;17-4-3-16(6-10(19)7-18)5-9-1-2-11-12(9)14-8-15-13(11)20;1-13(2)15-10-12(16-13)9-14-8-11-6-4-3-5-7-11;1-4-13-5-7(14-2)8-9(13)10(15-3)12-6-11-8;1-8(2)11-6-7(12-8)5-9-3-4-10;1-3(5)7-8-4(2)6;1-2(3)4;1-2;;/h9,12,14,23H,5-8,10-11H2,1-4H3;1,8,10,17-19H,2-7H2,(H,14,15,20);3-7,12,14H,8-10H2,1-2H3;5-6H,4H2,1-3H3;7,9-10H,3-6H2,1-2H3;1-2H3;1H3,(H,3,4);1-2H3;;/q;;;;;;;;;+1/p-1/t14-;10-;12-;;7-;;;;;/m111.1...../s1. The zero-order valence-electron chi connectivity index (χ0n) is 64.2. The van der Waals surface area contributed by atoms with E-state index in [1.807, 2.05) is 90.1 Å². The van der Waals surface area contributed by atoms with Crippen molar-refractivity contribution in [3.05, 3.63) is 101 Å². The minimum absolute atomic E-state index is 0. The third-order valence-corrected chi connectivity index (χ3v) is 14.8. The van der Waals surface area contributed by atoms with Crippen molar-refractivity contribution in [2.24, 2.45) is 0 Å². The number of carbonyl (C=O) groups excluding carboxylic acids is 3. The van der Waals surface area contributed by atoms with E-state index >= 15 is 0 Å². The number of benzene rings is 1. The van der Waals surface area contributed by atoms with Crippen LogP contribution in [-0.4, -0.2) is 262 Å². The van der Waals surface area contributed by atoms with E-state index in [2.05, 4.69) is 97.2 Å². The van der Waals surface area contributed by atoms with Gasteiger partial charge in [-0.25, -0.2) is 34.3 Å². The minimum atomic E-state index is -1.08. The zero-order chi connectivity index (χ0) is 76.7. The molecule has 10 rings (SSSR count). The fraction of sp³-hybridized carbons (Fsp3) is 0.614. The molecule has 0 saturated carbocycles. The number of fused-ring (bicyclic) bond motifs is 3. The summed E-state index contributed by atoms with van der Waals surface area (Å²) in [4.78, 5) is 75.5. The Bertz CT molecular complexity index is 3510. The Balaban J connectivity index is 0.000000636. The van der Waals surface area contributed by atoms with E-state index in [0.717, 1.165) is 92.4 Å². The van der Waals surface area contributed by atoms with Gasteiger partial charge in [0.25, 0.3) is 5.56 Å². The van der Waals surface area contributed by atoms with Crippen molar-refractivity contribution < 1.29 is 127 Å². The molecule has 0 unspecified atom stereocenters. The van der Waals surface area contributed by atoms with Crippen LogP contribution in [0.1, 0.15) is 112 Å². The smallest absolute Gasteiger partial charge is 0.550 e. The number of carboxylic acid groups (broad SMARTS) is 1. The molecule has 0 amide bonds. The molecule has 33 nitrogen and oxygen atoms in total. The Morgan fingerprint density at radius 3 is 1.66 bits per heavy atom. The molecule has 3 radical (unpaired) electrons. The number of allylic oxidation sites excluding steroid dienone is 1. The molecule has 1 aliphatic carbocycles. The Morgan fingerprint density at radius 2 is 1.19 bits per heavy atom. The summed E-state index contributed by atoms with van der Waals surface area (Å²) >= 11 is 0. The molecule has 0 bridgehead atoms. The van der Waals surface area contributed by atoms with Gasteiger partial charge in [-0.3, -0.25) is 14.6 Å². The molecule has 35 heteroatoms. The second kappa shape index (κ2) is 50.8. The quantitative estimate of drug-likeness (QED) is 0.0144. The van der Waals surface area contributed by atoms with Crippen LogP contribution in [0.5, 0.6) is 17.5 Å². The van der Waals surface area contributed by atoms with Gasteiger partial charge in [-0.05, 0) is 79.9 Å².